The molecule has 4 nitrogen and oxygen atoms in total. The Hall–Kier alpha value is -1.82. The molecule has 5 heteroatoms. The summed E-state index contributed by atoms with van der Waals surface area (Å²) in [5, 5.41) is 0.131. The van der Waals surface area contributed by atoms with E-state index in [9.17, 15) is 0 Å². The molecule has 138 valence electrons. The molecule has 4 rings (SSSR count). The van der Waals surface area contributed by atoms with Crippen molar-refractivity contribution in [1.82, 2.24) is 0 Å². The third-order valence-corrected chi connectivity index (χ3v) is 10.4. The second kappa shape index (κ2) is 5.35. The Morgan fingerprint density at radius 3 is 2.35 bits per heavy atom. The predicted molar refractivity (Wildman–Crippen MR) is 103 cm³/mol. The van der Waals surface area contributed by atoms with Gasteiger partial charge in [-0.15, -0.1) is 0 Å². The highest BCUT2D eigenvalue weighted by atomic mass is 28.4. The monoisotopic (exact) mass is 370 g/mol. The second-order valence-corrected chi connectivity index (χ2v) is 13.5. The van der Waals surface area contributed by atoms with E-state index in [1.807, 2.05) is 55.5 Å². The highest BCUT2D eigenvalue weighted by molar-refractivity contribution is 6.74. The molecule has 0 spiro atoms. The molecule has 0 aliphatic carbocycles. The molecular formula is C21H26O4Si. The van der Waals surface area contributed by atoms with Gasteiger partial charge in [0.05, 0.1) is 0 Å². The molecule has 0 saturated carbocycles. The lowest BCUT2D eigenvalue weighted by atomic mass is 9.83. The van der Waals surface area contributed by atoms with Crippen molar-refractivity contribution in [2.24, 2.45) is 0 Å². The molecule has 1 fully saturated rings. The number of para-hydroxylation sites is 1. The number of fused-ring (bicyclic) bond motifs is 3. The molecule has 0 aromatic heterocycles. The van der Waals surface area contributed by atoms with Crippen molar-refractivity contribution < 1.29 is 18.9 Å². The average Bonchev–Trinajstić information content (AvgIpc) is 2.73. The summed E-state index contributed by atoms with van der Waals surface area (Å²) in [5.41, 5.74) is 1.24. The lowest BCUT2D eigenvalue weighted by Gasteiger charge is -2.48. The first-order valence-corrected chi connectivity index (χ1v) is 11.9. The van der Waals surface area contributed by atoms with Crippen LogP contribution in [0.2, 0.25) is 18.1 Å². The summed E-state index contributed by atoms with van der Waals surface area (Å²) in [5.74, 6) is 0.674. The van der Waals surface area contributed by atoms with Crippen LogP contribution in [0.25, 0.3) is 0 Å². The Labute approximate surface area is 156 Å². The van der Waals surface area contributed by atoms with Gasteiger partial charge in [0.25, 0.3) is 0 Å². The van der Waals surface area contributed by atoms with Crippen LogP contribution >= 0.6 is 0 Å². The fourth-order valence-corrected chi connectivity index (χ4v) is 4.30. The molecule has 0 bridgehead atoms. The molecule has 2 unspecified atom stereocenters. The smallest absolute Gasteiger partial charge is 0.302 e. The summed E-state index contributed by atoms with van der Waals surface area (Å²) in [6.45, 7) is 13.2. The molecule has 0 N–H and O–H groups in total. The maximum absolute atomic E-state index is 6.47. The molecule has 0 amide bonds. The van der Waals surface area contributed by atoms with Crippen molar-refractivity contribution in [3.05, 3.63) is 59.7 Å². The maximum Gasteiger partial charge on any atom is 0.302 e. The van der Waals surface area contributed by atoms with Crippen molar-refractivity contribution in [3.8, 4) is 11.5 Å². The largest absolute Gasteiger partial charge is 0.543 e. The van der Waals surface area contributed by atoms with Crippen LogP contribution in [0.3, 0.4) is 0 Å². The van der Waals surface area contributed by atoms with Crippen LogP contribution in [0.15, 0.2) is 48.5 Å². The van der Waals surface area contributed by atoms with E-state index >= 15 is 0 Å². The van der Waals surface area contributed by atoms with Gasteiger partial charge in [-0.2, -0.15) is 4.89 Å². The van der Waals surface area contributed by atoms with Crippen LogP contribution in [0.1, 0.15) is 38.8 Å². The fourth-order valence-electron chi connectivity index (χ4n) is 3.28. The van der Waals surface area contributed by atoms with Crippen molar-refractivity contribution in [2.45, 2.75) is 57.2 Å². The number of hydrogen-bond donors (Lipinski definition) is 0. The Balaban J connectivity index is 1.71. The molecule has 2 aromatic carbocycles. The average molecular weight is 371 g/mol. The standard InChI is InChI=1S/C21H26O4Si/c1-19(2,3)26(5,6)23-16-11-9-10-15(14-16)21-20(4,24-25-21)17-12-7-8-13-18(17)22-21/h7-14H,1-6H3. The minimum Gasteiger partial charge on any atom is -0.543 e. The highest BCUT2D eigenvalue weighted by Gasteiger charge is 2.71. The Kier molecular flexibility index (Phi) is 3.62. The van der Waals surface area contributed by atoms with Gasteiger partial charge in [-0.25, -0.2) is 4.89 Å². The van der Waals surface area contributed by atoms with Crippen molar-refractivity contribution in [2.75, 3.05) is 0 Å². The van der Waals surface area contributed by atoms with Gasteiger partial charge in [-0.1, -0.05) is 51.1 Å². The SMILES string of the molecule is CC12OOC1(c1cccc(O[Si](C)(C)C(C)(C)C)c1)Oc1ccccc12. The molecule has 2 heterocycles. The summed E-state index contributed by atoms with van der Waals surface area (Å²) in [6.07, 6.45) is 0. The molecule has 2 aromatic rings. The topological polar surface area (TPSA) is 36.9 Å². The Bertz CT molecular complexity index is 857. The van der Waals surface area contributed by atoms with Crippen LogP contribution in [-0.4, -0.2) is 8.32 Å². The number of hydrogen-bond acceptors (Lipinski definition) is 4. The van der Waals surface area contributed by atoms with Gasteiger partial charge in [0.2, 0.25) is 13.9 Å². The van der Waals surface area contributed by atoms with E-state index in [1.54, 1.807) is 0 Å². The van der Waals surface area contributed by atoms with Crippen LogP contribution in [0.4, 0.5) is 0 Å². The lowest BCUT2D eigenvalue weighted by molar-refractivity contribution is -0.602. The van der Waals surface area contributed by atoms with Crippen LogP contribution in [-0.2, 0) is 21.2 Å². The molecule has 2 aliphatic rings. The van der Waals surface area contributed by atoms with Gasteiger partial charge < -0.3 is 9.16 Å². The third-order valence-electron chi connectivity index (χ3n) is 6.00. The number of ether oxygens (including phenoxy) is 1. The normalized spacial score (nSPS) is 27.2. The molecule has 1 saturated heterocycles. The molecule has 2 aliphatic heterocycles. The first-order valence-electron chi connectivity index (χ1n) is 9.04. The van der Waals surface area contributed by atoms with Crippen molar-refractivity contribution in [3.63, 3.8) is 0 Å². The minimum absolute atomic E-state index is 0.131. The van der Waals surface area contributed by atoms with E-state index in [0.717, 1.165) is 22.6 Å². The van der Waals surface area contributed by atoms with E-state index < -0.39 is 19.7 Å². The fraction of sp³-hybridized carbons (Fsp3) is 0.429. The predicted octanol–water partition coefficient (Wildman–Crippen LogP) is 5.49. The van der Waals surface area contributed by atoms with E-state index in [2.05, 4.69) is 33.9 Å². The summed E-state index contributed by atoms with van der Waals surface area (Å²) < 4.78 is 12.7. The van der Waals surface area contributed by atoms with Crippen LogP contribution in [0.5, 0.6) is 11.5 Å². The zero-order valence-corrected chi connectivity index (χ0v) is 17.3. The summed E-state index contributed by atoms with van der Waals surface area (Å²) >= 11 is 0. The maximum atomic E-state index is 6.47. The zero-order chi connectivity index (χ0) is 18.8. The molecule has 2 atom stereocenters. The van der Waals surface area contributed by atoms with Crippen molar-refractivity contribution >= 4 is 8.32 Å². The quantitative estimate of drug-likeness (QED) is 0.528. The van der Waals surface area contributed by atoms with E-state index in [1.165, 1.54) is 0 Å². The molecule has 26 heavy (non-hydrogen) atoms. The van der Waals surface area contributed by atoms with Gasteiger partial charge in [-0.05, 0) is 43.3 Å². The van der Waals surface area contributed by atoms with E-state index in [-0.39, 0.29) is 5.04 Å². The highest BCUT2D eigenvalue weighted by Crippen LogP contribution is 2.62. The lowest BCUT2D eigenvalue weighted by Crippen LogP contribution is -2.60. The molecule has 0 radical (unpaired) electrons. The zero-order valence-electron chi connectivity index (χ0n) is 16.3. The summed E-state index contributed by atoms with van der Waals surface area (Å²) in [4.78, 5) is 11.2. The van der Waals surface area contributed by atoms with E-state index in [0.29, 0.717) is 0 Å². The Morgan fingerprint density at radius 1 is 0.962 bits per heavy atom. The van der Waals surface area contributed by atoms with Gasteiger partial charge in [0, 0.05) is 11.1 Å². The van der Waals surface area contributed by atoms with Gasteiger partial charge >= 0.3 is 5.79 Å². The van der Waals surface area contributed by atoms with Gasteiger partial charge in [0.1, 0.15) is 11.5 Å². The first kappa shape index (κ1) is 17.6. The summed E-state index contributed by atoms with van der Waals surface area (Å²) in [7, 11) is -1.93. The van der Waals surface area contributed by atoms with Crippen molar-refractivity contribution in [1.29, 1.82) is 0 Å². The number of benzene rings is 2. The minimum atomic E-state index is -1.93. The molecular weight excluding hydrogens is 344 g/mol. The van der Waals surface area contributed by atoms with Crippen LogP contribution < -0.4 is 9.16 Å². The second-order valence-electron chi connectivity index (χ2n) is 8.80. The van der Waals surface area contributed by atoms with Gasteiger partial charge in [-0.3, -0.25) is 0 Å². The Morgan fingerprint density at radius 2 is 1.69 bits per heavy atom. The third kappa shape index (κ3) is 2.27. The number of rotatable bonds is 3. The van der Waals surface area contributed by atoms with E-state index in [4.69, 9.17) is 18.9 Å². The first-order chi connectivity index (χ1) is 12.1. The van der Waals surface area contributed by atoms with Crippen LogP contribution in [0, 0.1) is 0 Å². The van der Waals surface area contributed by atoms with Gasteiger partial charge in [0.15, 0.2) is 0 Å². The summed E-state index contributed by atoms with van der Waals surface area (Å²) in [6, 6.07) is 15.9.